The van der Waals surface area contributed by atoms with E-state index in [1.807, 2.05) is 36.0 Å². The minimum atomic E-state index is -3.10. The summed E-state index contributed by atoms with van der Waals surface area (Å²) in [5, 5.41) is 7.11. The first-order valence-electron chi connectivity index (χ1n) is 10.9. The number of amides is 1. The molecule has 176 valence electrons. The molecule has 1 aliphatic carbocycles. The molecule has 5 rings (SSSR count). The van der Waals surface area contributed by atoms with Crippen LogP contribution in [0.1, 0.15) is 30.1 Å². The van der Waals surface area contributed by atoms with E-state index in [2.05, 4.69) is 15.4 Å². The predicted octanol–water partition coefficient (Wildman–Crippen LogP) is 4.41. The monoisotopic (exact) mass is 467 g/mol. The summed E-state index contributed by atoms with van der Waals surface area (Å²) in [4.78, 5) is 17.2. The van der Waals surface area contributed by atoms with E-state index in [1.54, 1.807) is 23.2 Å². The molecule has 0 spiro atoms. The number of benzene rings is 2. The summed E-state index contributed by atoms with van der Waals surface area (Å²) in [7, 11) is 1.38. The molecule has 1 amide bonds. The molecule has 1 N–H and O–H groups in total. The molecule has 4 aromatic rings. The summed E-state index contributed by atoms with van der Waals surface area (Å²) >= 11 is 0. The van der Waals surface area contributed by atoms with E-state index < -0.39 is 12.5 Å². The van der Waals surface area contributed by atoms with Crippen LogP contribution in [0.15, 0.2) is 49.1 Å². The van der Waals surface area contributed by atoms with Gasteiger partial charge in [-0.1, -0.05) is 6.07 Å². The molecule has 1 saturated carbocycles. The van der Waals surface area contributed by atoms with Gasteiger partial charge in [-0.05, 0) is 37.5 Å². The molecule has 0 aliphatic heterocycles. The van der Waals surface area contributed by atoms with Crippen molar-refractivity contribution >= 4 is 16.9 Å². The van der Waals surface area contributed by atoms with Crippen LogP contribution in [0.25, 0.3) is 27.8 Å². The van der Waals surface area contributed by atoms with Crippen molar-refractivity contribution in [1.82, 2.24) is 24.6 Å². The van der Waals surface area contributed by atoms with Gasteiger partial charge >= 0.3 is 6.61 Å². The van der Waals surface area contributed by atoms with Crippen LogP contribution in [-0.2, 0) is 6.54 Å². The molecule has 2 heterocycles. The fourth-order valence-corrected chi connectivity index (χ4v) is 3.86. The number of aromatic nitrogens is 4. The number of aryl methyl sites for hydroxylation is 1. The van der Waals surface area contributed by atoms with E-state index in [0.717, 1.165) is 36.0 Å². The second-order valence-corrected chi connectivity index (χ2v) is 8.05. The third-order valence-electron chi connectivity index (χ3n) is 5.74. The number of hydrogen-bond acceptors (Lipinski definition) is 5. The van der Waals surface area contributed by atoms with Crippen molar-refractivity contribution in [2.24, 2.45) is 0 Å². The van der Waals surface area contributed by atoms with Crippen molar-refractivity contribution in [2.75, 3.05) is 7.11 Å². The molecular formula is C24H23F2N5O3. The van der Waals surface area contributed by atoms with E-state index in [9.17, 15) is 13.6 Å². The van der Waals surface area contributed by atoms with Gasteiger partial charge in [0.15, 0.2) is 0 Å². The lowest BCUT2D eigenvalue weighted by Crippen LogP contribution is -2.27. The van der Waals surface area contributed by atoms with Gasteiger partial charge in [-0.2, -0.15) is 13.9 Å². The summed E-state index contributed by atoms with van der Waals surface area (Å²) < 4.78 is 40.1. The van der Waals surface area contributed by atoms with Gasteiger partial charge in [-0.25, -0.2) is 4.98 Å². The fourth-order valence-electron chi connectivity index (χ4n) is 3.86. The molecule has 0 unspecified atom stereocenters. The number of fused-ring (bicyclic) bond motifs is 1. The predicted molar refractivity (Wildman–Crippen MR) is 122 cm³/mol. The van der Waals surface area contributed by atoms with Crippen LogP contribution in [0, 0.1) is 0 Å². The van der Waals surface area contributed by atoms with Crippen LogP contribution in [-0.4, -0.2) is 45.0 Å². The molecular weight excluding hydrogens is 444 g/mol. The van der Waals surface area contributed by atoms with Crippen LogP contribution in [0.5, 0.6) is 11.5 Å². The van der Waals surface area contributed by atoms with Gasteiger partial charge in [0.05, 0.1) is 30.0 Å². The highest BCUT2D eigenvalue weighted by molar-refractivity contribution is 6.00. The van der Waals surface area contributed by atoms with Crippen LogP contribution < -0.4 is 14.8 Å². The third kappa shape index (κ3) is 4.18. The Morgan fingerprint density at radius 3 is 2.68 bits per heavy atom. The second kappa shape index (κ2) is 8.77. The fraction of sp³-hybridized carbons (Fsp3) is 0.292. The number of rotatable bonds is 8. The molecule has 1 fully saturated rings. The van der Waals surface area contributed by atoms with Crippen molar-refractivity contribution < 1.29 is 23.0 Å². The van der Waals surface area contributed by atoms with E-state index in [0.29, 0.717) is 11.2 Å². The number of methoxy groups -OCH3 is 1. The number of nitrogens with zero attached hydrogens (tertiary/aromatic N) is 4. The van der Waals surface area contributed by atoms with E-state index >= 15 is 0 Å². The number of carbonyl (C=O) groups is 1. The quantitative estimate of drug-likeness (QED) is 0.415. The van der Waals surface area contributed by atoms with Crippen molar-refractivity contribution in [2.45, 2.75) is 39.0 Å². The second-order valence-electron chi connectivity index (χ2n) is 8.05. The van der Waals surface area contributed by atoms with Gasteiger partial charge in [0, 0.05) is 36.5 Å². The van der Waals surface area contributed by atoms with Crippen LogP contribution >= 0.6 is 0 Å². The maximum atomic E-state index is 13.2. The highest BCUT2D eigenvalue weighted by Gasteiger charge is 2.29. The smallest absolute Gasteiger partial charge is 0.387 e. The Morgan fingerprint density at radius 1 is 1.21 bits per heavy atom. The largest absolute Gasteiger partial charge is 0.496 e. The Hall–Kier alpha value is -3.95. The standard InChI is InChI=1S/C24H23F2N5O3/c1-3-30-12-15(11-28-30)14-4-7-19-18(8-14)27-13-31(19)17-9-20(33-2)22(21(10-17)34-24(25)26)23(32)29-16-5-6-16/h4,7-13,16,24H,3,5-6H2,1-2H3,(H,29,32). The van der Waals surface area contributed by atoms with Crippen molar-refractivity contribution in [3.05, 3.63) is 54.6 Å². The molecule has 0 bridgehead atoms. The molecule has 0 saturated heterocycles. The first kappa shape index (κ1) is 21.9. The molecule has 1 aliphatic rings. The Morgan fingerprint density at radius 2 is 2.00 bits per heavy atom. The number of imidazole rings is 1. The summed E-state index contributed by atoms with van der Waals surface area (Å²) in [5.74, 6) is -0.626. The van der Waals surface area contributed by atoms with Gasteiger partial charge < -0.3 is 14.8 Å². The highest BCUT2D eigenvalue weighted by atomic mass is 19.3. The Labute approximate surface area is 194 Å². The SMILES string of the molecule is CCn1cc(-c2ccc3c(c2)ncn3-c2cc(OC)c(C(=O)NC3CC3)c(OC(F)F)c2)cn1. The zero-order valence-electron chi connectivity index (χ0n) is 18.7. The minimum absolute atomic E-state index is 0.0486. The summed E-state index contributed by atoms with van der Waals surface area (Å²) in [6.45, 7) is -0.308. The van der Waals surface area contributed by atoms with Gasteiger partial charge in [0.2, 0.25) is 0 Å². The van der Waals surface area contributed by atoms with Crippen LogP contribution in [0.3, 0.4) is 0 Å². The van der Waals surface area contributed by atoms with Gasteiger partial charge in [0.25, 0.3) is 5.91 Å². The van der Waals surface area contributed by atoms with Crippen molar-refractivity contribution in [3.8, 4) is 28.3 Å². The Balaban J connectivity index is 1.56. The molecule has 2 aromatic carbocycles. The average Bonchev–Trinajstić information content (AvgIpc) is 3.33. The minimum Gasteiger partial charge on any atom is -0.496 e. The summed E-state index contributed by atoms with van der Waals surface area (Å²) in [6, 6.07) is 8.84. The normalized spacial score (nSPS) is 13.4. The van der Waals surface area contributed by atoms with E-state index in [-0.39, 0.29) is 23.1 Å². The zero-order valence-corrected chi connectivity index (χ0v) is 18.7. The first-order valence-corrected chi connectivity index (χ1v) is 10.9. The first-order chi connectivity index (χ1) is 16.5. The molecule has 8 nitrogen and oxygen atoms in total. The molecule has 0 radical (unpaired) electrons. The highest BCUT2D eigenvalue weighted by Crippen LogP contribution is 2.35. The number of nitrogens with one attached hydrogen (secondary N) is 1. The van der Waals surface area contributed by atoms with Gasteiger partial charge in [0.1, 0.15) is 23.4 Å². The average molecular weight is 467 g/mol. The Bertz CT molecular complexity index is 1360. The number of ether oxygens (including phenoxy) is 2. The maximum absolute atomic E-state index is 13.2. The third-order valence-corrected chi connectivity index (χ3v) is 5.74. The van der Waals surface area contributed by atoms with Gasteiger partial charge in [-0.15, -0.1) is 0 Å². The topological polar surface area (TPSA) is 83.2 Å². The lowest BCUT2D eigenvalue weighted by molar-refractivity contribution is -0.0502. The zero-order chi connectivity index (χ0) is 23.8. The van der Waals surface area contributed by atoms with E-state index in [1.165, 1.54) is 13.2 Å². The maximum Gasteiger partial charge on any atom is 0.387 e. The number of alkyl halides is 2. The number of carbonyl (C=O) groups excluding carboxylic acids is 1. The van der Waals surface area contributed by atoms with Crippen LogP contribution in [0.2, 0.25) is 0 Å². The van der Waals surface area contributed by atoms with Crippen molar-refractivity contribution in [1.29, 1.82) is 0 Å². The van der Waals surface area contributed by atoms with Crippen LogP contribution in [0.4, 0.5) is 8.78 Å². The molecule has 10 heteroatoms. The number of hydrogen-bond donors (Lipinski definition) is 1. The molecule has 34 heavy (non-hydrogen) atoms. The molecule has 2 aromatic heterocycles. The summed E-state index contributed by atoms with van der Waals surface area (Å²) in [6.07, 6.45) is 7.07. The van der Waals surface area contributed by atoms with Gasteiger partial charge in [-0.3, -0.25) is 14.0 Å². The lowest BCUT2D eigenvalue weighted by Gasteiger charge is -2.17. The lowest BCUT2D eigenvalue weighted by atomic mass is 10.1. The van der Waals surface area contributed by atoms with Crippen molar-refractivity contribution in [3.63, 3.8) is 0 Å². The summed E-state index contributed by atoms with van der Waals surface area (Å²) in [5.41, 5.74) is 3.82. The van der Waals surface area contributed by atoms with E-state index in [4.69, 9.17) is 9.47 Å². The molecule has 0 atom stereocenters. The Kier molecular flexibility index (Phi) is 5.64. The number of halogens is 2.